The first-order valence-electron chi connectivity index (χ1n) is 6.54. The standard InChI is InChI=1S/C13H21NO3/c1-8-7-11(13(16)17)5-6-14(8)12(15)9(2)10-3-4-10/h8-11H,3-7H2,1-2H3,(H,16,17). The van der Waals surface area contributed by atoms with Crippen LogP contribution < -0.4 is 0 Å². The minimum absolute atomic E-state index is 0.0681. The zero-order valence-corrected chi connectivity index (χ0v) is 10.6. The van der Waals surface area contributed by atoms with Crippen molar-refractivity contribution < 1.29 is 14.7 Å². The van der Waals surface area contributed by atoms with Crippen LogP contribution in [0.4, 0.5) is 0 Å². The maximum atomic E-state index is 12.2. The number of aliphatic carboxylic acids is 1. The number of hydrogen-bond acceptors (Lipinski definition) is 2. The molecule has 1 aliphatic carbocycles. The molecule has 1 N–H and O–H groups in total. The van der Waals surface area contributed by atoms with E-state index >= 15 is 0 Å². The Bertz CT molecular complexity index is 325. The first kappa shape index (κ1) is 12.4. The predicted octanol–water partition coefficient (Wildman–Crippen LogP) is 1.74. The second-order valence-electron chi connectivity index (χ2n) is 5.57. The van der Waals surface area contributed by atoms with Crippen molar-refractivity contribution in [2.75, 3.05) is 6.54 Å². The Morgan fingerprint density at radius 3 is 2.41 bits per heavy atom. The van der Waals surface area contributed by atoms with Crippen LogP contribution >= 0.6 is 0 Å². The quantitative estimate of drug-likeness (QED) is 0.816. The van der Waals surface area contributed by atoms with Crippen LogP contribution in [-0.2, 0) is 9.59 Å². The van der Waals surface area contributed by atoms with E-state index in [1.165, 1.54) is 12.8 Å². The maximum absolute atomic E-state index is 12.2. The number of carbonyl (C=O) groups is 2. The monoisotopic (exact) mass is 239 g/mol. The Labute approximate surface area is 102 Å². The molecule has 3 unspecified atom stereocenters. The number of amides is 1. The van der Waals surface area contributed by atoms with E-state index in [2.05, 4.69) is 0 Å². The molecule has 4 heteroatoms. The number of carbonyl (C=O) groups excluding carboxylic acids is 1. The maximum Gasteiger partial charge on any atom is 0.306 e. The van der Waals surface area contributed by atoms with Crippen molar-refractivity contribution in [3.8, 4) is 0 Å². The van der Waals surface area contributed by atoms with Crippen LogP contribution in [0.5, 0.6) is 0 Å². The third kappa shape index (κ3) is 2.61. The van der Waals surface area contributed by atoms with Crippen LogP contribution in [0.2, 0.25) is 0 Å². The smallest absolute Gasteiger partial charge is 0.306 e. The zero-order valence-electron chi connectivity index (χ0n) is 10.6. The molecular weight excluding hydrogens is 218 g/mol. The van der Waals surface area contributed by atoms with Gasteiger partial charge in [-0.2, -0.15) is 0 Å². The van der Waals surface area contributed by atoms with Gasteiger partial charge in [0.2, 0.25) is 5.91 Å². The number of nitrogens with zero attached hydrogens (tertiary/aromatic N) is 1. The third-order valence-corrected chi connectivity index (χ3v) is 4.23. The van der Waals surface area contributed by atoms with Crippen molar-refractivity contribution in [1.29, 1.82) is 0 Å². The van der Waals surface area contributed by atoms with E-state index in [1.54, 1.807) is 0 Å². The summed E-state index contributed by atoms with van der Waals surface area (Å²) < 4.78 is 0. The zero-order chi connectivity index (χ0) is 12.6. The van der Waals surface area contributed by atoms with Gasteiger partial charge in [0.05, 0.1) is 5.92 Å². The van der Waals surface area contributed by atoms with Crippen LogP contribution in [0.3, 0.4) is 0 Å². The molecule has 3 atom stereocenters. The molecule has 1 saturated carbocycles. The highest BCUT2D eigenvalue weighted by Crippen LogP contribution is 2.38. The number of likely N-dealkylation sites (tertiary alicyclic amines) is 1. The largest absolute Gasteiger partial charge is 0.481 e. The van der Waals surface area contributed by atoms with E-state index < -0.39 is 5.97 Å². The van der Waals surface area contributed by atoms with Gasteiger partial charge in [-0.25, -0.2) is 0 Å². The van der Waals surface area contributed by atoms with Gasteiger partial charge in [-0.3, -0.25) is 9.59 Å². The SMILES string of the molecule is CC(C(=O)N1CCC(C(=O)O)CC1C)C1CC1. The first-order valence-corrected chi connectivity index (χ1v) is 6.54. The Hall–Kier alpha value is -1.06. The van der Waals surface area contributed by atoms with Gasteiger partial charge in [0, 0.05) is 18.5 Å². The highest BCUT2D eigenvalue weighted by molar-refractivity contribution is 5.80. The summed E-state index contributed by atoms with van der Waals surface area (Å²) in [6.07, 6.45) is 3.54. The summed E-state index contributed by atoms with van der Waals surface area (Å²) in [7, 11) is 0. The number of carboxylic acids is 1. The predicted molar refractivity (Wildman–Crippen MR) is 63.4 cm³/mol. The molecule has 1 amide bonds. The van der Waals surface area contributed by atoms with Crippen molar-refractivity contribution in [2.45, 2.75) is 45.6 Å². The third-order valence-electron chi connectivity index (χ3n) is 4.23. The Morgan fingerprint density at radius 1 is 1.29 bits per heavy atom. The lowest BCUT2D eigenvalue weighted by Crippen LogP contribution is -2.48. The van der Waals surface area contributed by atoms with Gasteiger partial charge in [0.1, 0.15) is 0 Å². The summed E-state index contributed by atoms with van der Waals surface area (Å²) in [6, 6.07) is 0.0681. The fourth-order valence-corrected chi connectivity index (χ4v) is 2.78. The van der Waals surface area contributed by atoms with Crippen molar-refractivity contribution in [2.24, 2.45) is 17.8 Å². The highest BCUT2D eigenvalue weighted by atomic mass is 16.4. The first-order chi connectivity index (χ1) is 8.00. The fraction of sp³-hybridized carbons (Fsp3) is 0.846. The molecule has 1 aliphatic heterocycles. The van der Waals surface area contributed by atoms with E-state index in [-0.39, 0.29) is 23.8 Å². The van der Waals surface area contributed by atoms with E-state index in [1.807, 2.05) is 18.7 Å². The van der Waals surface area contributed by atoms with E-state index in [9.17, 15) is 9.59 Å². The van der Waals surface area contributed by atoms with Crippen LogP contribution in [0.25, 0.3) is 0 Å². The minimum Gasteiger partial charge on any atom is -0.481 e. The molecule has 2 aliphatic rings. The van der Waals surface area contributed by atoms with Gasteiger partial charge in [-0.1, -0.05) is 6.92 Å². The summed E-state index contributed by atoms with van der Waals surface area (Å²) in [4.78, 5) is 25.1. The number of rotatable bonds is 3. The molecular formula is C13H21NO3. The topological polar surface area (TPSA) is 57.6 Å². The molecule has 0 aromatic rings. The summed E-state index contributed by atoms with van der Waals surface area (Å²) >= 11 is 0. The lowest BCUT2D eigenvalue weighted by molar-refractivity contribution is -0.149. The Balaban J connectivity index is 1.94. The summed E-state index contributed by atoms with van der Waals surface area (Å²) in [5.74, 6) is -0.0703. The summed E-state index contributed by atoms with van der Waals surface area (Å²) in [5.41, 5.74) is 0. The number of piperidine rings is 1. The van der Waals surface area contributed by atoms with Crippen molar-refractivity contribution in [1.82, 2.24) is 4.90 Å². The fourth-order valence-electron chi connectivity index (χ4n) is 2.78. The van der Waals surface area contributed by atoms with Crippen LogP contribution in [-0.4, -0.2) is 34.5 Å². The molecule has 0 radical (unpaired) electrons. The van der Waals surface area contributed by atoms with Gasteiger partial charge < -0.3 is 10.0 Å². The van der Waals surface area contributed by atoms with E-state index in [4.69, 9.17) is 5.11 Å². The van der Waals surface area contributed by atoms with Crippen LogP contribution in [0.15, 0.2) is 0 Å². The number of hydrogen-bond donors (Lipinski definition) is 1. The van der Waals surface area contributed by atoms with Gasteiger partial charge in [0.15, 0.2) is 0 Å². The highest BCUT2D eigenvalue weighted by Gasteiger charge is 2.38. The number of carboxylic acid groups (broad SMARTS) is 1. The lowest BCUT2D eigenvalue weighted by atomic mass is 9.90. The second kappa shape index (κ2) is 4.67. The van der Waals surface area contributed by atoms with Crippen molar-refractivity contribution >= 4 is 11.9 Å². The molecule has 0 bridgehead atoms. The summed E-state index contributed by atoms with van der Waals surface area (Å²) in [5, 5.41) is 8.98. The normalized spacial score (nSPS) is 31.1. The summed E-state index contributed by atoms with van der Waals surface area (Å²) in [6.45, 7) is 4.58. The van der Waals surface area contributed by atoms with Crippen molar-refractivity contribution in [3.05, 3.63) is 0 Å². The van der Waals surface area contributed by atoms with Gasteiger partial charge in [-0.15, -0.1) is 0 Å². The average molecular weight is 239 g/mol. The molecule has 0 aromatic carbocycles. The molecule has 1 heterocycles. The van der Waals surface area contributed by atoms with E-state index in [0.717, 1.165) is 0 Å². The molecule has 2 fully saturated rings. The average Bonchev–Trinajstić information content (AvgIpc) is 3.10. The van der Waals surface area contributed by atoms with Crippen LogP contribution in [0.1, 0.15) is 39.5 Å². The Kier molecular flexibility index (Phi) is 3.40. The lowest BCUT2D eigenvalue weighted by Gasteiger charge is -2.37. The van der Waals surface area contributed by atoms with Gasteiger partial charge in [-0.05, 0) is 38.5 Å². The second-order valence-corrected chi connectivity index (χ2v) is 5.57. The van der Waals surface area contributed by atoms with Crippen molar-refractivity contribution in [3.63, 3.8) is 0 Å². The molecule has 1 saturated heterocycles. The minimum atomic E-state index is -0.723. The van der Waals surface area contributed by atoms with Gasteiger partial charge in [0.25, 0.3) is 0 Å². The van der Waals surface area contributed by atoms with E-state index in [0.29, 0.717) is 25.3 Å². The molecule has 17 heavy (non-hydrogen) atoms. The van der Waals surface area contributed by atoms with Gasteiger partial charge >= 0.3 is 5.97 Å². The Morgan fingerprint density at radius 2 is 1.94 bits per heavy atom. The molecule has 0 aromatic heterocycles. The van der Waals surface area contributed by atoms with Crippen LogP contribution in [0, 0.1) is 17.8 Å². The molecule has 0 spiro atoms. The molecule has 96 valence electrons. The molecule has 2 rings (SSSR count). The molecule has 4 nitrogen and oxygen atoms in total.